The van der Waals surface area contributed by atoms with Crippen LogP contribution in [0.4, 0.5) is 0 Å². The van der Waals surface area contributed by atoms with Crippen LogP contribution in [0.1, 0.15) is 50.2 Å². The van der Waals surface area contributed by atoms with Crippen LogP contribution in [0.5, 0.6) is 0 Å². The lowest BCUT2D eigenvalue weighted by atomic mass is 9.96. The van der Waals surface area contributed by atoms with Crippen molar-refractivity contribution in [1.82, 2.24) is 35.2 Å². The molecular weight excluding hydrogens is 328 g/mol. The van der Waals surface area contributed by atoms with Crippen molar-refractivity contribution in [1.29, 1.82) is 0 Å². The number of aliphatic imine (C=N–C) groups is 1. The van der Waals surface area contributed by atoms with Crippen LogP contribution in [0.25, 0.3) is 0 Å². The maximum Gasteiger partial charge on any atom is 0.191 e. The van der Waals surface area contributed by atoms with Crippen molar-refractivity contribution in [2.24, 2.45) is 12.0 Å². The van der Waals surface area contributed by atoms with E-state index in [-0.39, 0.29) is 0 Å². The van der Waals surface area contributed by atoms with Gasteiger partial charge in [-0.15, -0.1) is 10.2 Å². The minimum Gasteiger partial charge on any atom is -0.356 e. The van der Waals surface area contributed by atoms with E-state index < -0.39 is 0 Å². The Morgan fingerprint density at radius 1 is 1.27 bits per heavy atom. The summed E-state index contributed by atoms with van der Waals surface area (Å²) in [5.41, 5.74) is 0. The molecule has 2 N–H and O–H groups in total. The molecule has 0 radical (unpaired) electrons. The topological polar surface area (TPSA) is 85.0 Å². The third-order valence-corrected chi connectivity index (χ3v) is 4.92. The van der Waals surface area contributed by atoms with E-state index in [4.69, 9.17) is 4.99 Å². The molecule has 3 rings (SSSR count). The van der Waals surface area contributed by atoms with Gasteiger partial charge in [-0.2, -0.15) is 5.10 Å². The van der Waals surface area contributed by atoms with Gasteiger partial charge in [0.1, 0.15) is 12.4 Å². The molecule has 8 nitrogen and oxygen atoms in total. The van der Waals surface area contributed by atoms with Crippen LogP contribution >= 0.6 is 0 Å². The predicted octanol–water partition coefficient (Wildman–Crippen LogP) is 1.78. The normalized spacial score (nSPS) is 16.0. The zero-order valence-corrected chi connectivity index (χ0v) is 15.9. The summed E-state index contributed by atoms with van der Waals surface area (Å²) >= 11 is 0. The van der Waals surface area contributed by atoms with Crippen LogP contribution in [0.2, 0.25) is 0 Å². The molecule has 1 saturated carbocycles. The van der Waals surface area contributed by atoms with Crippen LogP contribution in [-0.4, -0.2) is 43.1 Å². The molecule has 0 unspecified atom stereocenters. The molecule has 142 valence electrons. The van der Waals surface area contributed by atoms with Gasteiger partial charge in [0.05, 0.1) is 0 Å². The summed E-state index contributed by atoms with van der Waals surface area (Å²) in [6.45, 7) is 4.24. The first-order chi connectivity index (χ1) is 12.7. The first-order valence-electron chi connectivity index (χ1n) is 9.59. The second kappa shape index (κ2) is 9.35. The Morgan fingerprint density at radius 3 is 2.81 bits per heavy atom. The highest BCUT2D eigenvalue weighted by Crippen LogP contribution is 2.17. The first kappa shape index (κ1) is 18.4. The number of aromatic nitrogens is 5. The standard InChI is InChI=1S/C18H30N8/c1-15-23-24-17(25(15)2)14-20-18(22-16-8-4-3-5-9-16)19-10-6-12-26-13-7-11-21-26/h7,11,13,16H,3-6,8-10,12,14H2,1-2H3,(H2,19,20,22). The molecule has 0 aromatic carbocycles. The summed E-state index contributed by atoms with van der Waals surface area (Å²) in [5, 5.41) is 19.6. The number of hydrogen-bond donors (Lipinski definition) is 2. The number of hydrogen-bond acceptors (Lipinski definition) is 4. The molecule has 2 heterocycles. The lowest BCUT2D eigenvalue weighted by Crippen LogP contribution is -2.44. The van der Waals surface area contributed by atoms with Crippen molar-refractivity contribution in [2.45, 2.75) is 64.6 Å². The second-order valence-electron chi connectivity index (χ2n) is 6.92. The van der Waals surface area contributed by atoms with Crippen LogP contribution < -0.4 is 10.6 Å². The molecule has 2 aromatic rings. The van der Waals surface area contributed by atoms with Gasteiger partial charge in [-0.3, -0.25) is 4.68 Å². The average molecular weight is 358 g/mol. The summed E-state index contributed by atoms with van der Waals surface area (Å²) in [6, 6.07) is 2.47. The Morgan fingerprint density at radius 2 is 2.12 bits per heavy atom. The highest BCUT2D eigenvalue weighted by Gasteiger charge is 2.15. The zero-order valence-electron chi connectivity index (χ0n) is 15.9. The van der Waals surface area contributed by atoms with Crippen molar-refractivity contribution >= 4 is 5.96 Å². The molecule has 1 fully saturated rings. The van der Waals surface area contributed by atoms with Gasteiger partial charge in [-0.1, -0.05) is 19.3 Å². The van der Waals surface area contributed by atoms with Crippen molar-refractivity contribution in [3.63, 3.8) is 0 Å². The van der Waals surface area contributed by atoms with E-state index >= 15 is 0 Å². The number of guanidine groups is 1. The molecule has 0 amide bonds. The Labute approximate surface area is 155 Å². The Hall–Kier alpha value is -2.38. The number of nitrogens with zero attached hydrogens (tertiary/aromatic N) is 6. The first-order valence-corrected chi connectivity index (χ1v) is 9.59. The fourth-order valence-corrected chi connectivity index (χ4v) is 3.21. The van der Waals surface area contributed by atoms with Crippen LogP contribution in [0.15, 0.2) is 23.5 Å². The molecule has 0 saturated heterocycles. The molecule has 8 heteroatoms. The van der Waals surface area contributed by atoms with E-state index in [1.54, 1.807) is 0 Å². The van der Waals surface area contributed by atoms with Crippen molar-refractivity contribution in [3.05, 3.63) is 30.1 Å². The maximum absolute atomic E-state index is 4.75. The molecule has 2 aromatic heterocycles. The van der Waals surface area contributed by atoms with Gasteiger partial charge >= 0.3 is 0 Å². The van der Waals surface area contributed by atoms with Crippen LogP contribution in [0.3, 0.4) is 0 Å². The monoisotopic (exact) mass is 358 g/mol. The summed E-state index contributed by atoms with van der Waals surface area (Å²) in [5.74, 6) is 2.66. The molecule has 1 aliphatic carbocycles. The summed E-state index contributed by atoms with van der Waals surface area (Å²) < 4.78 is 3.94. The molecule has 0 aliphatic heterocycles. The largest absolute Gasteiger partial charge is 0.356 e. The van der Waals surface area contributed by atoms with E-state index in [1.165, 1.54) is 32.1 Å². The summed E-state index contributed by atoms with van der Waals surface area (Å²) in [6.07, 6.45) is 11.2. The highest BCUT2D eigenvalue weighted by atomic mass is 15.3. The molecule has 0 atom stereocenters. The molecule has 26 heavy (non-hydrogen) atoms. The van der Waals surface area contributed by atoms with Gasteiger partial charge in [0.2, 0.25) is 0 Å². The van der Waals surface area contributed by atoms with Crippen molar-refractivity contribution in [2.75, 3.05) is 6.54 Å². The fraction of sp³-hybridized carbons (Fsp3) is 0.667. The Bertz CT molecular complexity index is 682. The Kier molecular flexibility index (Phi) is 6.62. The third kappa shape index (κ3) is 5.31. The highest BCUT2D eigenvalue weighted by molar-refractivity contribution is 5.80. The van der Waals surface area contributed by atoms with Crippen LogP contribution in [-0.2, 0) is 20.1 Å². The smallest absolute Gasteiger partial charge is 0.191 e. The Balaban J connectivity index is 1.54. The van der Waals surface area contributed by atoms with Gasteiger partial charge in [-0.25, -0.2) is 4.99 Å². The van der Waals surface area contributed by atoms with E-state index in [0.717, 1.165) is 37.1 Å². The van der Waals surface area contributed by atoms with E-state index in [2.05, 4.69) is 25.9 Å². The van der Waals surface area contributed by atoms with Crippen molar-refractivity contribution in [3.8, 4) is 0 Å². The summed E-state index contributed by atoms with van der Waals surface area (Å²) in [7, 11) is 1.98. The number of aryl methyl sites for hydroxylation is 2. The number of rotatable bonds is 7. The third-order valence-electron chi connectivity index (χ3n) is 4.92. The van der Waals surface area contributed by atoms with Gasteiger partial charge in [0.15, 0.2) is 11.8 Å². The molecular formula is C18H30N8. The average Bonchev–Trinajstić information content (AvgIpc) is 3.28. The molecule has 0 bridgehead atoms. The fourth-order valence-electron chi connectivity index (χ4n) is 3.21. The van der Waals surface area contributed by atoms with Gasteiger partial charge in [0.25, 0.3) is 0 Å². The molecule has 1 aliphatic rings. The summed E-state index contributed by atoms with van der Waals surface area (Å²) in [4.78, 5) is 4.75. The minimum absolute atomic E-state index is 0.516. The van der Waals surface area contributed by atoms with Crippen molar-refractivity contribution < 1.29 is 0 Å². The quantitative estimate of drug-likeness (QED) is 0.448. The lowest BCUT2D eigenvalue weighted by Gasteiger charge is -2.25. The van der Waals surface area contributed by atoms with E-state index in [1.807, 2.05) is 41.7 Å². The second-order valence-corrected chi connectivity index (χ2v) is 6.92. The maximum atomic E-state index is 4.75. The molecule has 0 spiro atoms. The number of nitrogens with one attached hydrogen (secondary N) is 2. The predicted molar refractivity (Wildman–Crippen MR) is 102 cm³/mol. The van der Waals surface area contributed by atoms with Crippen LogP contribution in [0, 0.1) is 6.92 Å². The zero-order chi connectivity index (χ0) is 18.2. The lowest BCUT2D eigenvalue weighted by molar-refractivity contribution is 0.409. The van der Waals surface area contributed by atoms with Gasteiger partial charge in [0, 0.05) is 38.6 Å². The van der Waals surface area contributed by atoms with E-state index in [0.29, 0.717) is 12.6 Å². The SMILES string of the molecule is Cc1nnc(CN=C(NCCCn2cccn2)NC2CCCCC2)n1C. The minimum atomic E-state index is 0.516. The van der Waals surface area contributed by atoms with Gasteiger partial charge < -0.3 is 15.2 Å². The van der Waals surface area contributed by atoms with Gasteiger partial charge in [-0.05, 0) is 32.3 Å². The van der Waals surface area contributed by atoms with E-state index in [9.17, 15) is 0 Å².